The van der Waals surface area contributed by atoms with Crippen LogP contribution in [0.5, 0.6) is 0 Å². The molecular formula is C21H21FN2O4S. The van der Waals surface area contributed by atoms with Crippen LogP contribution in [-0.2, 0) is 20.4 Å². The number of rotatable bonds is 6. The highest BCUT2D eigenvalue weighted by molar-refractivity contribution is 7.91. The molecule has 29 heavy (non-hydrogen) atoms. The molecule has 0 saturated carbocycles. The van der Waals surface area contributed by atoms with E-state index >= 15 is 0 Å². The SMILES string of the molecule is Cc1ccc(-c2nc(CS(=O)(=O)CC(=O)Nc3ccc(F)cc3C)c(C)o2)cc1. The number of nitrogens with zero attached hydrogens (tertiary/aromatic N) is 1. The molecule has 0 aliphatic rings. The first-order valence-corrected chi connectivity index (χ1v) is 10.7. The number of oxazole rings is 1. The summed E-state index contributed by atoms with van der Waals surface area (Å²) in [5.41, 5.74) is 2.97. The zero-order chi connectivity index (χ0) is 21.2. The molecule has 0 unspecified atom stereocenters. The number of amides is 1. The lowest BCUT2D eigenvalue weighted by molar-refractivity contribution is -0.113. The van der Waals surface area contributed by atoms with Crippen LogP contribution in [0.3, 0.4) is 0 Å². The number of sulfone groups is 1. The van der Waals surface area contributed by atoms with Crippen molar-refractivity contribution in [1.82, 2.24) is 4.98 Å². The molecule has 3 rings (SSSR count). The number of nitrogens with one attached hydrogen (secondary N) is 1. The fourth-order valence-electron chi connectivity index (χ4n) is 2.79. The lowest BCUT2D eigenvalue weighted by Crippen LogP contribution is -2.24. The Hall–Kier alpha value is -3.00. The number of carbonyl (C=O) groups excluding carboxylic acids is 1. The fourth-order valence-corrected chi connectivity index (χ4v) is 4.05. The first-order valence-electron chi connectivity index (χ1n) is 8.93. The monoisotopic (exact) mass is 416 g/mol. The largest absolute Gasteiger partial charge is 0.441 e. The minimum atomic E-state index is -3.78. The highest BCUT2D eigenvalue weighted by Crippen LogP contribution is 2.23. The quantitative estimate of drug-likeness (QED) is 0.657. The van der Waals surface area contributed by atoms with Crippen LogP contribution in [0, 0.1) is 26.6 Å². The van der Waals surface area contributed by atoms with Crippen molar-refractivity contribution in [1.29, 1.82) is 0 Å². The Kier molecular flexibility index (Phi) is 5.83. The van der Waals surface area contributed by atoms with Crippen molar-refractivity contribution < 1.29 is 22.0 Å². The molecule has 0 aliphatic carbocycles. The maximum absolute atomic E-state index is 13.2. The van der Waals surface area contributed by atoms with Crippen molar-refractivity contribution in [3.8, 4) is 11.5 Å². The number of halogens is 1. The van der Waals surface area contributed by atoms with Gasteiger partial charge in [0.25, 0.3) is 0 Å². The lowest BCUT2D eigenvalue weighted by Gasteiger charge is -2.08. The predicted octanol–water partition coefficient (Wildman–Crippen LogP) is 3.96. The van der Waals surface area contributed by atoms with Crippen LogP contribution in [0.4, 0.5) is 10.1 Å². The molecule has 6 nitrogen and oxygen atoms in total. The predicted molar refractivity (Wildman–Crippen MR) is 109 cm³/mol. The maximum atomic E-state index is 13.2. The van der Waals surface area contributed by atoms with Gasteiger partial charge >= 0.3 is 0 Å². The van der Waals surface area contributed by atoms with Gasteiger partial charge in [-0.3, -0.25) is 4.79 Å². The van der Waals surface area contributed by atoms with Crippen molar-refractivity contribution in [2.75, 3.05) is 11.1 Å². The highest BCUT2D eigenvalue weighted by atomic mass is 32.2. The average molecular weight is 416 g/mol. The molecule has 0 radical (unpaired) electrons. The van der Waals surface area contributed by atoms with Gasteiger partial charge in [0, 0.05) is 11.3 Å². The van der Waals surface area contributed by atoms with Gasteiger partial charge in [0.2, 0.25) is 11.8 Å². The molecule has 1 aromatic heterocycles. The molecule has 0 bridgehead atoms. The van der Waals surface area contributed by atoms with Crippen LogP contribution in [0.15, 0.2) is 46.9 Å². The molecule has 0 aliphatic heterocycles. The molecule has 0 fully saturated rings. The first kappa shape index (κ1) is 20.7. The Labute approximate surface area is 168 Å². The molecule has 1 N–H and O–H groups in total. The molecule has 0 saturated heterocycles. The van der Waals surface area contributed by atoms with E-state index in [1.54, 1.807) is 13.8 Å². The number of benzene rings is 2. The standard InChI is InChI=1S/C21H21FN2O4S/c1-13-4-6-16(7-5-13)21-24-19(15(3)28-21)11-29(26,27)12-20(25)23-18-9-8-17(22)10-14(18)2/h4-10H,11-12H2,1-3H3,(H,23,25). The van der Waals surface area contributed by atoms with Crippen molar-refractivity contribution >= 4 is 21.4 Å². The topological polar surface area (TPSA) is 89.3 Å². The summed E-state index contributed by atoms with van der Waals surface area (Å²) < 4.78 is 43.7. The van der Waals surface area contributed by atoms with E-state index in [1.165, 1.54) is 18.2 Å². The number of hydrogen-bond donors (Lipinski definition) is 1. The summed E-state index contributed by atoms with van der Waals surface area (Å²) in [5, 5.41) is 2.50. The molecule has 152 valence electrons. The zero-order valence-corrected chi connectivity index (χ0v) is 17.1. The lowest BCUT2D eigenvalue weighted by atomic mass is 10.1. The summed E-state index contributed by atoms with van der Waals surface area (Å²) in [6.07, 6.45) is 0. The van der Waals surface area contributed by atoms with E-state index in [9.17, 15) is 17.6 Å². The van der Waals surface area contributed by atoms with E-state index in [4.69, 9.17) is 4.42 Å². The Bertz CT molecular complexity index is 1150. The highest BCUT2D eigenvalue weighted by Gasteiger charge is 2.22. The third-order valence-corrected chi connectivity index (χ3v) is 5.78. The van der Waals surface area contributed by atoms with Crippen LogP contribution in [0.1, 0.15) is 22.6 Å². The Balaban J connectivity index is 1.70. The summed E-state index contributed by atoms with van der Waals surface area (Å²) in [7, 11) is -3.78. The van der Waals surface area contributed by atoms with Gasteiger partial charge in [-0.25, -0.2) is 17.8 Å². The van der Waals surface area contributed by atoms with Gasteiger partial charge in [-0.15, -0.1) is 0 Å². The summed E-state index contributed by atoms with van der Waals surface area (Å²) >= 11 is 0. The van der Waals surface area contributed by atoms with Crippen molar-refractivity contribution in [3.63, 3.8) is 0 Å². The van der Waals surface area contributed by atoms with Gasteiger partial charge in [-0.2, -0.15) is 0 Å². The molecule has 0 atom stereocenters. The Morgan fingerprint density at radius 2 is 1.79 bits per heavy atom. The van der Waals surface area contributed by atoms with Crippen molar-refractivity contribution in [3.05, 3.63) is 70.9 Å². The Morgan fingerprint density at radius 3 is 2.45 bits per heavy atom. The number of anilines is 1. The van der Waals surface area contributed by atoms with Gasteiger partial charge in [0.05, 0.1) is 11.4 Å². The molecular weight excluding hydrogens is 395 g/mol. The summed E-state index contributed by atoms with van der Waals surface area (Å²) in [4.78, 5) is 16.5. The zero-order valence-electron chi connectivity index (χ0n) is 16.3. The molecule has 1 heterocycles. The van der Waals surface area contributed by atoms with Crippen molar-refractivity contribution in [2.45, 2.75) is 26.5 Å². The molecule has 2 aromatic carbocycles. The van der Waals surface area contributed by atoms with Gasteiger partial charge in [0.15, 0.2) is 9.84 Å². The number of aryl methyl sites for hydroxylation is 3. The third-order valence-electron chi connectivity index (χ3n) is 4.36. The number of aromatic nitrogens is 1. The number of carbonyl (C=O) groups is 1. The smallest absolute Gasteiger partial charge is 0.239 e. The summed E-state index contributed by atoms with van der Waals surface area (Å²) in [6, 6.07) is 11.4. The van der Waals surface area contributed by atoms with Crippen LogP contribution in [-0.4, -0.2) is 25.1 Å². The van der Waals surface area contributed by atoms with Crippen LogP contribution >= 0.6 is 0 Å². The summed E-state index contributed by atoms with van der Waals surface area (Å²) in [5.74, 6) is -1.53. The van der Waals surface area contributed by atoms with E-state index < -0.39 is 33.1 Å². The third kappa shape index (κ3) is 5.29. The van der Waals surface area contributed by atoms with Gasteiger partial charge in [-0.05, 0) is 56.7 Å². The van der Waals surface area contributed by atoms with E-state index in [-0.39, 0.29) is 5.69 Å². The second-order valence-corrected chi connectivity index (χ2v) is 8.99. The Morgan fingerprint density at radius 1 is 1.10 bits per heavy atom. The van der Waals surface area contributed by atoms with Gasteiger partial charge in [0.1, 0.15) is 17.3 Å². The van der Waals surface area contributed by atoms with E-state index in [2.05, 4.69) is 10.3 Å². The van der Waals surface area contributed by atoms with E-state index in [0.717, 1.165) is 11.1 Å². The molecule has 1 amide bonds. The molecule has 3 aromatic rings. The van der Waals surface area contributed by atoms with Crippen LogP contribution in [0.25, 0.3) is 11.5 Å². The first-order chi connectivity index (χ1) is 13.6. The van der Waals surface area contributed by atoms with E-state index in [0.29, 0.717) is 22.9 Å². The second kappa shape index (κ2) is 8.16. The van der Waals surface area contributed by atoms with Gasteiger partial charge in [-0.1, -0.05) is 17.7 Å². The summed E-state index contributed by atoms with van der Waals surface area (Å²) in [6.45, 7) is 5.22. The van der Waals surface area contributed by atoms with Crippen molar-refractivity contribution in [2.24, 2.45) is 0 Å². The van der Waals surface area contributed by atoms with Crippen LogP contribution in [0.2, 0.25) is 0 Å². The molecule has 0 spiro atoms. The second-order valence-electron chi connectivity index (χ2n) is 6.93. The van der Waals surface area contributed by atoms with Crippen LogP contribution < -0.4 is 5.32 Å². The average Bonchev–Trinajstić information content (AvgIpc) is 2.97. The van der Waals surface area contributed by atoms with Gasteiger partial charge < -0.3 is 9.73 Å². The minimum Gasteiger partial charge on any atom is -0.441 e. The van der Waals surface area contributed by atoms with E-state index in [1.807, 2.05) is 31.2 Å². The fraction of sp³-hybridized carbons (Fsp3) is 0.238. The molecule has 8 heteroatoms. The maximum Gasteiger partial charge on any atom is 0.239 e. The number of hydrogen-bond acceptors (Lipinski definition) is 5. The normalized spacial score (nSPS) is 11.4. The minimum absolute atomic E-state index is 0.270.